The summed E-state index contributed by atoms with van der Waals surface area (Å²) in [6, 6.07) is 2.07. The summed E-state index contributed by atoms with van der Waals surface area (Å²) in [5.74, 6) is -2.11. The van der Waals surface area contributed by atoms with Crippen molar-refractivity contribution in [3.63, 3.8) is 0 Å². The molecule has 1 N–H and O–H groups in total. The minimum Gasteiger partial charge on any atom is -0.478 e. The number of hydrogen-bond donors (Lipinski definition) is 1. The number of Topliss-reactive ketones (excluding diaryl/α,β-unsaturated/α-hetero) is 1. The van der Waals surface area contributed by atoms with Crippen LogP contribution in [0.25, 0.3) is 0 Å². The highest BCUT2D eigenvalue weighted by Gasteiger charge is 2.32. The van der Waals surface area contributed by atoms with E-state index in [4.69, 9.17) is 16.7 Å². The Morgan fingerprint density at radius 3 is 2.28 bits per heavy atom. The number of benzene rings is 1. The van der Waals surface area contributed by atoms with Crippen molar-refractivity contribution in [2.45, 2.75) is 18.5 Å². The number of carboxylic acid groups (broad SMARTS) is 1. The van der Waals surface area contributed by atoms with E-state index in [2.05, 4.69) is 0 Å². The molecule has 0 aromatic heterocycles. The molecule has 1 rings (SSSR count). The second kappa shape index (κ2) is 4.97. The lowest BCUT2D eigenvalue weighted by Crippen LogP contribution is -2.13. The Bertz CT molecular complexity index is 497. The predicted molar refractivity (Wildman–Crippen MR) is 57.7 cm³/mol. The Morgan fingerprint density at radius 2 is 1.89 bits per heavy atom. The van der Waals surface area contributed by atoms with Gasteiger partial charge < -0.3 is 5.11 Å². The van der Waals surface area contributed by atoms with Gasteiger partial charge in [0.2, 0.25) is 0 Å². The second-order valence-corrected chi connectivity index (χ2v) is 4.01. The fourth-order valence-corrected chi connectivity index (χ4v) is 1.55. The Morgan fingerprint density at radius 1 is 1.33 bits per heavy atom. The van der Waals surface area contributed by atoms with Crippen LogP contribution in [0.2, 0.25) is 0 Å². The van der Waals surface area contributed by atoms with E-state index in [1.165, 1.54) is 0 Å². The molecule has 0 spiro atoms. The number of halogens is 4. The molecule has 0 fully saturated rings. The largest absolute Gasteiger partial charge is 0.478 e. The molecule has 0 bridgehead atoms. The van der Waals surface area contributed by atoms with Gasteiger partial charge in [0.1, 0.15) is 5.38 Å². The summed E-state index contributed by atoms with van der Waals surface area (Å²) in [6.45, 7) is 1.13. The van der Waals surface area contributed by atoms with Crippen LogP contribution in [0.1, 0.15) is 33.8 Å². The predicted octanol–water partition coefficient (Wildman–Crippen LogP) is 3.27. The molecule has 1 unspecified atom stereocenters. The first kappa shape index (κ1) is 14.5. The topological polar surface area (TPSA) is 54.4 Å². The molecule has 0 radical (unpaired) electrons. The quantitative estimate of drug-likeness (QED) is 0.865. The second-order valence-electron chi connectivity index (χ2n) is 3.58. The molecule has 1 aromatic carbocycles. The summed E-state index contributed by atoms with van der Waals surface area (Å²) in [6.07, 6.45) is -4.65. The van der Waals surface area contributed by atoms with E-state index in [1.54, 1.807) is 0 Å². The van der Waals surface area contributed by atoms with Crippen LogP contribution < -0.4 is 0 Å². The Hall–Kier alpha value is -1.56. The van der Waals surface area contributed by atoms with Gasteiger partial charge in [-0.3, -0.25) is 4.79 Å². The number of rotatable bonds is 3. The first-order valence-corrected chi connectivity index (χ1v) is 5.17. The van der Waals surface area contributed by atoms with Gasteiger partial charge in [-0.05, 0) is 24.6 Å². The zero-order chi connectivity index (χ0) is 14.1. The number of ketones is 1. The molecular weight excluding hydrogens is 273 g/mol. The Balaban J connectivity index is 3.39. The minimum absolute atomic E-state index is 0.148. The van der Waals surface area contributed by atoms with Gasteiger partial charge in [0.25, 0.3) is 0 Å². The molecule has 3 nitrogen and oxygen atoms in total. The van der Waals surface area contributed by atoms with Gasteiger partial charge in [-0.1, -0.05) is 6.07 Å². The highest BCUT2D eigenvalue weighted by atomic mass is 35.5. The van der Waals surface area contributed by atoms with Crippen molar-refractivity contribution in [3.05, 3.63) is 34.9 Å². The molecular formula is C11H8ClF3O3. The van der Waals surface area contributed by atoms with Crippen molar-refractivity contribution in [2.75, 3.05) is 0 Å². The molecule has 1 atom stereocenters. The molecule has 98 valence electrons. The lowest BCUT2D eigenvalue weighted by atomic mass is 9.99. The number of carbonyl (C=O) groups excluding carboxylic acids is 1. The van der Waals surface area contributed by atoms with Gasteiger partial charge in [-0.2, -0.15) is 13.2 Å². The Labute approximate surface area is 105 Å². The van der Waals surface area contributed by atoms with E-state index in [9.17, 15) is 22.8 Å². The third-order valence-corrected chi connectivity index (χ3v) is 2.78. The standard InChI is InChI=1S/C11H8ClF3O3/c1-5(16)9(12)7-3-2-6(11(13,14)15)4-8(7)10(17)18/h2-4,9H,1H3,(H,17,18). The fraction of sp³-hybridized carbons (Fsp3) is 0.273. The number of hydrogen-bond acceptors (Lipinski definition) is 2. The van der Waals surface area contributed by atoms with E-state index in [-0.39, 0.29) is 5.56 Å². The van der Waals surface area contributed by atoms with E-state index in [0.29, 0.717) is 12.1 Å². The van der Waals surface area contributed by atoms with Crippen LogP contribution in [-0.2, 0) is 11.0 Å². The van der Waals surface area contributed by atoms with Crippen LogP contribution in [0.3, 0.4) is 0 Å². The number of aromatic carboxylic acids is 1. The average molecular weight is 281 g/mol. The van der Waals surface area contributed by atoms with Crippen LogP contribution in [0.5, 0.6) is 0 Å². The van der Waals surface area contributed by atoms with Crippen LogP contribution >= 0.6 is 11.6 Å². The van der Waals surface area contributed by atoms with Gasteiger partial charge >= 0.3 is 12.1 Å². The molecule has 0 saturated heterocycles. The SMILES string of the molecule is CC(=O)C(Cl)c1ccc(C(F)(F)F)cc1C(=O)O. The summed E-state index contributed by atoms with van der Waals surface area (Å²) in [5, 5.41) is 7.57. The summed E-state index contributed by atoms with van der Waals surface area (Å²) in [7, 11) is 0. The third kappa shape index (κ3) is 3.01. The van der Waals surface area contributed by atoms with Crippen molar-refractivity contribution < 1.29 is 27.9 Å². The number of carboxylic acids is 1. The minimum atomic E-state index is -4.65. The lowest BCUT2D eigenvalue weighted by Gasteiger charge is -2.13. The smallest absolute Gasteiger partial charge is 0.416 e. The normalized spacial score (nSPS) is 13.2. The van der Waals surface area contributed by atoms with Crippen LogP contribution in [0.15, 0.2) is 18.2 Å². The van der Waals surface area contributed by atoms with Crippen molar-refractivity contribution in [3.8, 4) is 0 Å². The molecule has 0 heterocycles. The maximum absolute atomic E-state index is 12.4. The summed E-state index contributed by atoms with van der Waals surface area (Å²) in [5.41, 5.74) is -1.87. The maximum Gasteiger partial charge on any atom is 0.416 e. The van der Waals surface area contributed by atoms with Gasteiger partial charge in [-0.25, -0.2) is 4.79 Å². The third-order valence-electron chi connectivity index (χ3n) is 2.24. The van der Waals surface area contributed by atoms with E-state index < -0.39 is 34.4 Å². The average Bonchev–Trinajstić information content (AvgIpc) is 2.25. The summed E-state index contributed by atoms with van der Waals surface area (Å²) < 4.78 is 37.3. The molecule has 0 amide bonds. The van der Waals surface area contributed by atoms with Crippen LogP contribution in [0.4, 0.5) is 13.2 Å². The van der Waals surface area contributed by atoms with E-state index in [1.807, 2.05) is 0 Å². The van der Waals surface area contributed by atoms with E-state index >= 15 is 0 Å². The molecule has 1 aromatic rings. The van der Waals surface area contributed by atoms with Crippen LogP contribution in [0, 0.1) is 0 Å². The van der Waals surface area contributed by atoms with Crippen LogP contribution in [-0.4, -0.2) is 16.9 Å². The van der Waals surface area contributed by atoms with Crippen molar-refractivity contribution in [2.24, 2.45) is 0 Å². The van der Waals surface area contributed by atoms with Gasteiger partial charge in [-0.15, -0.1) is 11.6 Å². The van der Waals surface area contributed by atoms with Gasteiger partial charge in [0, 0.05) is 0 Å². The van der Waals surface area contributed by atoms with Crippen molar-refractivity contribution in [1.82, 2.24) is 0 Å². The zero-order valence-corrected chi connectivity index (χ0v) is 9.84. The van der Waals surface area contributed by atoms with Gasteiger partial charge in [0.15, 0.2) is 5.78 Å². The first-order chi connectivity index (χ1) is 8.14. The number of alkyl halides is 4. The molecule has 0 aliphatic carbocycles. The summed E-state index contributed by atoms with van der Waals surface area (Å²) in [4.78, 5) is 21.9. The lowest BCUT2D eigenvalue weighted by molar-refractivity contribution is -0.137. The molecule has 0 aliphatic rings. The molecule has 0 saturated carbocycles. The highest BCUT2D eigenvalue weighted by Crippen LogP contribution is 2.33. The maximum atomic E-state index is 12.4. The molecule has 7 heteroatoms. The Kier molecular flexibility index (Phi) is 4.01. The summed E-state index contributed by atoms with van der Waals surface area (Å²) >= 11 is 5.66. The monoisotopic (exact) mass is 280 g/mol. The van der Waals surface area contributed by atoms with E-state index in [0.717, 1.165) is 13.0 Å². The van der Waals surface area contributed by atoms with Crippen molar-refractivity contribution >= 4 is 23.4 Å². The highest BCUT2D eigenvalue weighted by molar-refractivity contribution is 6.31. The van der Waals surface area contributed by atoms with Gasteiger partial charge in [0.05, 0.1) is 11.1 Å². The van der Waals surface area contributed by atoms with Crippen molar-refractivity contribution in [1.29, 1.82) is 0 Å². The number of carbonyl (C=O) groups is 2. The first-order valence-electron chi connectivity index (χ1n) is 4.73. The molecule has 0 aliphatic heterocycles. The zero-order valence-electron chi connectivity index (χ0n) is 9.08. The molecule has 18 heavy (non-hydrogen) atoms. The fourth-order valence-electron chi connectivity index (χ4n) is 1.36.